The number of hydrogen-bond donors (Lipinski definition) is 2. The summed E-state index contributed by atoms with van der Waals surface area (Å²) in [5.74, 6) is -0.0674. The molecular formula is C17H11BrN2O. The van der Waals surface area contributed by atoms with Crippen molar-refractivity contribution in [3.8, 4) is 0 Å². The van der Waals surface area contributed by atoms with Gasteiger partial charge >= 0.3 is 0 Å². The van der Waals surface area contributed by atoms with Crippen molar-refractivity contribution < 1.29 is 4.79 Å². The van der Waals surface area contributed by atoms with Gasteiger partial charge in [-0.25, -0.2) is 0 Å². The van der Waals surface area contributed by atoms with Gasteiger partial charge in [0.15, 0.2) is 0 Å². The summed E-state index contributed by atoms with van der Waals surface area (Å²) in [5.41, 5.74) is 4.55. The molecule has 3 nitrogen and oxygen atoms in total. The van der Waals surface area contributed by atoms with Gasteiger partial charge in [0.1, 0.15) is 0 Å². The number of H-pyrrole nitrogens is 1. The van der Waals surface area contributed by atoms with Gasteiger partial charge < -0.3 is 10.3 Å². The van der Waals surface area contributed by atoms with E-state index in [1.165, 1.54) is 0 Å². The fourth-order valence-corrected chi connectivity index (χ4v) is 3.16. The predicted molar refractivity (Wildman–Crippen MR) is 88.9 cm³/mol. The first-order valence-electron chi connectivity index (χ1n) is 6.62. The number of benzene rings is 2. The van der Waals surface area contributed by atoms with E-state index in [1.54, 1.807) is 0 Å². The van der Waals surface area contributed by atoms with Crippen LogP contribution in [0, 0.1) is 0 Å². The zero-order valence-electron chi connectivity index (χ0n) is 11.0. The number of aromatic amines is 1. The summed E-state index contributed by atoms with van der Waals surface area (Å²) >= 11 is 3.47. The maximum Gasteiger partial charge on any atom is 0.256 e. The van der Waals surface area contributed by atoms with E-state index in [1.807, 2.05) is 54.7 Å². The number of aromatic nitrogens is 1. The molecule has 4 heteroatoms. The van der Waals surface area contributed by atoms with Gasteiger partial charge in [0.2, 0.25) is 0 Å². The van der Waals surface area contributed by atoms with E-state index in [0.717, 1.165) is 32.2 Å². The first-order valence-corrected chi connectivity index (χ1v) is 7.41. The molecule has 0 spiro atoms. The Labute approximate surface area is 129 Å². The molecule has 2 N–H and O–H groups in total. The van der Waals surface area contributed by atoms with Crippen molar-refractivity contribution in [3.63, 3.8) is 0 Å². The molecule has 1 aromatic heterocycles. The minimum atomic E-state index is -0.0674. The Morgan fingerprint density at radius 2 is 1.90 bits per heavy atom. The van der Waals surface area contributed by atoms with Gasteiger partial charge in [-0.15, -0.1) is 0 Å². The normalized spacial score (nSPS) is 15.5. The monoisotopic (exact) mass is 338 g/mol. The topological polar surface area (TPSA) is 44.9 Å². The number of anilines is 1. The molecule has 0 atom stereocenters. The molecular weight excluding hydrogens is 328 g/mol. The maximum absolute atomic E-state index is 12.2. The van der Waals surface area contributed by atoms with E-state index in [4.69, 9.17) is 0 Å². The second-order valence-corrected chi connectivity index (χ2v) is 5.82. The molecule has 2 heterocycles. The lowest BCUT2D eigenvalue weighted by Gasteiger charge is -2.00. The highest BCUT2D eigenvalue weighted by Gasteiger charge is 2.25. The van der Waals surface area contributed by atoms with Gasteiger partial charge in [0.25, 0.3) is 5.91 Å². The van der Waals surface area contributed by atoms with Crippen LogP contribution in [0.25, 0.3) is 22.6 Å². The Kier molecular flexibility index (Phi) is 2.72. The van der Waals surface area contributed by atoms with Crippen molar-refractivity contribution in [1.82, 2.24) is 4.98 Å². The van der Waals surface area contributed by atoms with Gasteiger partial charge in [-0.3, -0.25) is 4.79 Å². The number of rotatable bonds is 1. The van der Waals surface area contributed by atoms with Crippen LogP contribution in [0.5, 0.6) is 0 Å². The summed E-state index contributed by atoms with van der Waals surface area (Å²) in [5, 5.41) is 4.02. The first kappa shape index (κ1) is 12.4. The third-order valence-corrected chi connectivity index (χ3v) is 4.37. The number of carbonyl (C=O) groups is 1. The molecule has 0 bridgehead atoms. The van der Waals surface area contributed by atoms with Crippen LogP contribution < -0.4 is 5.32 Å². The molecule has 0 aliphatic carbocycles. The number of fused-ring (bicyclic) bond motifs is 2. The Balaban J connectivity index is 1.91. The Hall–Kier alpha value is -2.33. The van der Waals surface area contributed by atoms with Crippen LogP contribution in [0.3, 0.4) is 0 Å². The van der Waals surface area contributed by atoms with E-state index >= 15 is 0 Å². The molecule has 0 saturated heterocycles. The highest BCUT2D eigenvalue weighted by Crippen LogP contribution is 2.38. The number of halogens is 1. The molecule has 1 aliphatic rings. The van der Waals surface area contributed by atoms with E-state index in [0.29, 0.717) is 5.57 Å². The predicted octanol–water partition coefficient (Wildman–Crippen LogP) is 4.42. The third kappa shape index (κ3) is 1.91. The Bertz CT molecular complexity index is 908. The van der Waals surface area contributed by atoms with Crippen LogP contribution in [0.2, 0.25) is 0 Å². The molecule has 0 unspecified atom stereocenters. The summed E-state index contributed by atoms with van der Waals surface area (Å²) < 4.78 is 0.899. The zero-order valence-corrected chi connectivity index (χ0v) is 12.6. The van der Waals surface area contributed by atoms with Gasteiger partial charge in [0, 0.05) is 38.3 Å². The standard InChI is InChI=1S/C17H11BrN2O/c18-14-6-3-5-12-13(17(21)20-16(12)14)8-10-9-19-15-7-2-1-4-11(10)15/h1-9,19H,(H,20,21)/b13-8-. The van der Waals surface area contributed by atoms with Crippen molar-refractivity contribution in [2.75, 3.05) is 5.32 Å². The molecule has 0 fully saturated rings. The largest absolute Gasteiger partial charge is 0.361 e. The second-order valence-electron chi connectivity index (χ2n) is 4.96. The van der Waals surface area contributed by atoms with Crippen LogP contribution in [0.15, 0.2) is 53.1 Å². The SMILES string of the molecule is O=C1Nc2c(Br)cccc2/C1=C/c1c[nH]c2ccccc12. The van der Waals surface area contributed by atoms with Gasteiger partial charge in [-0.2, -0.15) is 0 Å². The summed E-state index contributed by atoms with van der Waals surface area (Å²) in [6.45, 7) is 0. The lowest BCUT2D eigenvalue weighted by atomic mass is 10.0. The van der Waals surface area contributed by atoms with Crippen molar-refractivity contribution in [2.24, 2.45) is 0 Å². The minimum absolute atomic E-state index is 0.0674. The van der Waals surface area contributed by atoms with Crippen molar-refractivity contribution in [1.29, 1.82) is 0 Å². The van der Waals surface area contributed by atoms with Crippen LogP contribution in [-0.4, -0.2) is 10.9 Å². The zero-order chi connectivity index (χ0) is 14.4. The molecule has 0 radical (unpaired) electrons. The third-order valence-electron chi connectivity index (χ3n) is 3.71. The maximum atomic E-state index is 12.2. The number of para-hydroxylation sites is 2. The number of carbonyl (C=O) groups excluding carboxylic acids is 1. The van der Waals surface area contributed by atoms with E-state index in [2.05, 4.69) is 26.2 Å². The van der Waals surface area contributed by atoms with E-state index in [-0.39, 0.29) is 5.91 Å². The van der Waals surface area contributed by atoms with E-state index < -0.39 is 0 Å². The van der Waals surface area contributed by atoms with Crippen LogP contribution >= 0.6 is 15.9 Å². The van der Waals surface area contributed by atoms with Gasteiger partial charge in [-0.1, -0.05) is 30.3 Å². The fourth-order valence-electron chi connectivity index (χ4n) is 2.69. The first-order chi connectivity index (χ1) is 10.2. The number of amides is 1. The van der Waals surface area contributed by atoms with Crippen LogP contribution in [-0.2, 0) is 4.79 Å². The van der Waals surface area contributed by atoms with Crippen LogP contribution in [0.1, 0.15) is 11.1 Å². The molecule has 1 aliphatic heterocycles. The van der Waals surface area contributed by atoms with Gasteiger partial charge in [-0.05, 0) is 34.1 Å². The molecule has 2 aromatic carbocycles. The summed E-state index contributed by atoms with van der Waals surface area (Å²) in [6, 6.07) is 13.9. The lowest BCUT2D eigenvalue weighted by Crippen LogP contribution is -2.03. The molecule has 102 valence electrons. The second kappa shape index (κ2) is 4.60. The lowest BCUT2D eigenvalue weighted by molar-refractivity contribution is -0.110. The van der Waals surface area contributed by atoms with Crippen LogP contribution in [0.4, 0.5) is 5.69 Å². The molecule has 3 aromatic rings. The van der Waals surface area contributed by atoms with Crippen molar-refractivity contribution >= 4 is 50.1 Å². The highest BCUT2D eigenvalue weighted by atomic mass is 79.9. The summed E-state index contributed by atoms with van der Waals surface area (Å²) in [4.78, 5) is 15.5. The average molecular weight is 339 g/mol. The van der Waals surface area contributed by atoms with E-state index in [9.17, 15) is 4.79 Å². The van der Waals surface area contributed by atoms with Gasteiger partial charge in [0.05, 0.1) is 5.69 Å². The fraction of sp³-hybridized carbons (Fsp3) is 0. The van der Waals surface area contributed by atoms with Crippen molar-refractivity contribution in [3.05, 3.63) is 64.3 Å². The summed E-state index contributed by atoms with van der Waals surface area (Å²) in [7, 11) is 0. The van der Waals surface area contributed by atoms with Crippen molar-refractivity contribution in [2.45, 2.75) is 0 Å². The molecule has 0 saturated carbocycles. The Morgan fingerprint density at radius 1 is 1.05 bits per heavy atom. The smallest absolute Gasteiger partial charge is 0.256 e. The Morgan fingerprint density at radius 3 is 2.81 bits per heavy atom. The molecule has 21 heavy (non-hydrogen) atoms. The average Bonchev–Trinajstić information content (AvgIpc) is 3.04. The quantitative estimate of drug-likeness (QED) is 0.633. The number of nitrogens with one attached hydrogen (secondary N) is 2. The number of hydrogen-bond acceptors (Lipinski definition) is 1. The highest BCUT2D eigenvalue weighted by molar-refractivity contribution is 9.10. The molecule has 4 rings (SSSR count). The minimum Gasteiger partial charge on any atom is -0.361 e. The summed E-state index contributed by atoms with van der Waals surface area (Å²) in [6.07, 6.45) is 3.87. The molecule has 1 amide bonds.